The van der Waals surface area contributed by atoms with Gasteiger partial charge in [-0.15, -0.1) is 0 Å². The van der Waals surface area contributed by atoms with E-state index in [2.05, 4.69) is 29.6 Å². The lowest BCUT2D eigenvalue weighted by molar-refractivity contribution is 0.387. The summed E-state index contributed by atoms with van der Waals surface area (Å²) in [6.07, 6.45) is 3.24. The van der Waals surface area contributed by atoms with E-state index in [9.17, 15) is 4.79 Å². The predicted molar refractivity (Wildman–Crippen MR) is 61.4 cm³/mol. The number of aromatic nitrogens is 5. The molecule has 0 spiro atoms. The molecule has 3 heterocycles. The largest absolute Gasteiger partial charge is 0.439 e. The first-order valence-electron chi connectivity index (χ1n) is 5.14. The van der Waals surface area contributed by atoms with E-state index < -0.39 is 5.76 Å². The summed E-state index contributed by atoms with van der Waals surface area (Å²) in [5.41, 5.74) is 1.36. The minimum absolute atomic E-state index is 0.192. The van der Waals surface area contributed by atoms with Crippen molar-refractivity contribution < 1.29 is 4.52 Å². The Balaban J connectivity index is 2.07. The highest BCUT2D eigenvalue weighted by Gasteiger charge is 2.09. The van der Waals surface area contributed by atoms with Crippen LogP contribution in [-0.4, -0.2) is 25.1 Å². The SMILES string of the molecule is O=c1[nH]c(-c2nccc(-c3ccccn3)n2)no1. The van der Waals surface area contributed by atoms with Gasteiger partial charge < -0.3 is 0 Å². The van der Waals surface area contributed by atoms with Crippen LogP contribution in [0.15, 0.2) is 46.0 Å². The van der Waals surface area contributed by atoms with Crippen molar-refractivity contribution in [3.05, 3.63) is 47.2 Å². The first-order chi connectivity index (χ1) is 8.83. The van der Waals surface area contributed by atoms with Crippen molar-refractivity contribution in [3.8, 4) is 23.0 Å². The average molecular weight is 241 g/mol. The van der Waals surface area contributed by atoms with Crippen molar-refractivity contribution in [1.82, 2.24) is 25.1 Å². The van der Waals surface area contributed by atoms with E-state index >= 15 is 0 Å². The van der Waals surface area contributed by atoms with Crippen LogP contribution >= 0.6 is 0 Å². The zero-order chi connectivity index (χ0) is 12.4. The predicted octanol–water partition coefficient (Wildman–Crippen LogP) is 0.882. The van der Waals surface area contributed by atoms with E-state index in [0.717, 1.165) is 0 Å². The second kappa shape index (κ2) is 4.21. The first-order valence-corrected chi connectivity index (χ1v) is 5.14. The molecule has 0 bridgehead atoms. The molecule has 7 heteroatoms. The Morgan fingerprint density at radius 2 is 2.00 bits per heavy atom. The molecule has 3 aromatic heterocycles. The fourth-order valence-corrected chi connectivity index (χ4v) is 1.46. The van der Waals surface area contributed by atoms with Crippen LogP contribution < -0.4 is 5.76 Å². The van der Waals surface area contributed by atoms with Crippen molar-refractivity contribution in [1.29, 1.82) is 0 Å². The highest BCUT2D eigenvalue weighted by atomic mass is 16.5. The molecule has 0 aliphatic heterocycles. The van der Waals surface area contributed by atoms with Gasteiger partial charge in [0.05, 0.1) is 11.4 Å². The summed E-state index contributed by atoms with van der Waals surface area (Å²) in [5.74, 6) is -0.168. The topological polar surface area (TPSA) is 97.6 Å². The number of nitrogens with one attached hydrogen (secondary N) is 1. The van der Waals surface area contributed by atoms with Gasteiger partial charge in [0.25, 0.3) is 0 Å². The zero-order valence-corrected chi connectivity index (χ0v) is 9.07. The molecule has 0 unspecified atom stereocenters. The number of hydrogen-bond donors (Lipinski definition) is 1. The Morgan fingerprint density at radius 1 is 1.06 bits per heavy atom. The summed E-state index contributed by atoms with van der Waals surface area (Å²) < 4.78 is 4.41. The normalized spacial score (nSPS) is 10.4. The minimum atomic E-state index is -0.642. The molecule has 0 saturated carbocycles. The number of pyridine rings is 1. The molecular weight excluding hydrogens is 234 g/mol. The van der Waals surface area contributed by atoms with Crippen molar-refractivity contribution in [2.24, 2.45) is 0 Å². The molecule has 0 saturated heterocycles. The van der Waals surface area contributed by atoms with Gasteiger partial charge in [-0.05, 0) is 18.2 Å². The second-order valence-corrected chi connectivity index (χ2v) is 3.42. The Bertz CT molecular complexity index is 719. The lowest BCUT2D eigenvalue weighted by atomic mass is 10.2. The monoisotopic (exact) mass is 241 g/mol. The van der Waals surface area contributed by atoms with E-state index in [0.29, 0.717) is 11.4 Å². The molecule has 7 nitrogen and oxygen atoms in total. The third-order valence-electron chi connectivity index (χ3n) is 2.24. The van der Waals surface area contributed by atoms with Gasteiger partial charge in [-0.2, -0.15) is 0 Å². The minimum Gasteiger partial charge on any atom is -0.295 e. The smallest absolute Gasteiger partial charge is 0.295 e. The lowest BCUT2D eigenvalue weighted by Gasteiger charge is -2.00. The summed E-state index contributed by atoms with van der Waals surface area (Å²) in [7, 11) is 0. The molecule has 3 rings (SSSR count). The van der Waals surface area contributed by atoms with E-state index in [1.807, 2.05) is 18.2 Å². The fraction of sp³-hybridized carbons (Fsp3) is 0. The maximum atomic E-state index is 10.9. The van der Waals surface area contributed by atoms with Crippen LogP contribution in [0.25, 0.3) is 23.0 Å². The van der Waals surface area contributed by atoms with Gasteiger partial charge in [0.15, 0.2) is 5.82 Å². The molecular formula is C11H7N5O2. The van der Waals surface area contributed by atoms with Crippen LogP contribution in [0.3, 0.4) is 0 Å². The number of nitrogens with zero attached hydrogens (tertiary/aromatic N) is 4. The molecule has 0 fully saturated rings. The molecule has 0 aromatic carbocycles. The van der Waals surface area contributed by atoms with Gasteiger partial charge in [-0.25, -0.2) is 14.8 Å². The number of hydrogen-bond acceptors (Lipinski definition) is 6. The highest BCUT2D eigenvalue weighted by molar-refractivity contribution is 5.56. The van der Waals surface area contributed by atoms with Crippen LogP contribution in [0.1, 0.15) is 0 Å². The Morgan fingerprint density at radius 3 is 2.72 bits per heavy atom. The molecule has 88 valence electrons. The van der Waals surface area contributed by atoms with Gasteiger partial charge >= 0.3 is 5.76 Å². The molecule has 1 N–H and O–H groups in total. The summed E-state index contributed by atoms with van der Waals surface area (Å²) in [5, 5.41) is 3.53. The van der Waals surface area contributed by atoms with Crippen LogP contribution in [0.4, 0.5) is 0 Å². The molecule has 0 radical (unpaired) electrons. The number of H-pyrrole nitrogens is 1. The van der Waals surface area contributed by atoms with Gasteiger partial charge in [0, 0.05) is 12.4 Å². The standard InChI is InChI=1S/C11H7N5O2/c17-11-15-10(16-18-11)9-13-6-4-8(14-9)7-3-1-2-5-12-7/h1-6H,(H,15,16,17). The third kappa shape index (κ3) is 1.88. The Kier molecular flexibility index (Phi) is 2.41. The second-order valence-electron chi connectivity index (χ2n) is 3.42. The summed E-state index contributed by atoms with van der Waals surface area (Å²) in [6, 6.07) is 7.24. The van der Waals surface area contributed by atoms with Crippen molar-refractivity contribution in [2.75, 3.05) is 0 Å². The van der Waals surface area contributed by atoms with E-state index in [-0.39, 0.29) is 11.6 Å². The lowest BCUT2D eigenvalue weighted by Crippen LogP contribution is -1.98. The first kappa shape index (κ1) is 10.3. The molecule has 3 aromatic rings. The quantitative estimate of drug-likeness (QED) is 0.715. The van der Waals surface area contributed by atoms with Crippen LogP contribution in [-0.2, 0) is 0 Å². The van der Waals surface area contributed by atoms with Crippen molar-refractivity contribution in [2.45, 2.75) is 0 Å². The summed E-state index contributed by atoms with van der Waals surface area (Å²) >= 11 is 0. The van der Waals surface area contributed by atoms with Gasteiger partial charge in [-0.3, -0.25) is 14.5 Å². The van der Waals surface area contributed by atoms with E-state index in [4.69, 9.17) is 0 Å². The zero-order valence-electron chi connectivity index (χ0n) is 9.07. The van der Waals surface area contributed by atoms with Crippen molar-refractivity contribution >= 4 is 0 Å². The highest BCUT2D eigenvalue weighted by Crippen LogP contribution is 2.15. The maximum Gasteiger partial charge on any atom is 0.439 e. The van der Waals surface area contributed by atoms with Crippen LogP contribution in [0, 0.1) is 0 Å². The average Bonchev–Trinajstić information content (AvgIpc) is 2.87. The van der Waals surface area contributed by atoms with Gasteiger partial charge in [0.1, 0.15) is 0 Å². The van der Waals surface area contributed by atoms with Gasteiger partial charge in [0.2, 0.25) is 5.82 Å². The maximum absolute atomic E-state index is 10.9. The summed E-state index contributed by atoms with van der Waals surface area (Å²) in [6.45, 7) is 0. The van der Waals surface area contributed by atoms with E-state index in [1.54, 1.807) is 18.5 Å². The molecule has 18 heavy (non-hydrogen) atoms. The molecule has 0 aliphatic rings. The Hall–Kier alpha value is -2.83. The Labute approximate surface area is 101 Å². The molecule has 0 atom stereocenters. The molecule has 0 aliphatic carbocycles. The number of aromatic amines is 1. The van der Waals surface area contributed by atoms with Crippen LogP contribution in [0.2, 0.25) is 0 Å². The van der Waals surface area contributed by atoms with Crippen molar-refractivity contribution in [3.63, 3.8) is 0 Å². The summed E-state index contributed by atoms with van der Waals surface area (Å²) in [4.78, 5) is 25.7. The van der Waals surface area contributed by atoms with Gasteiger partial charge in [-0.1, -0.05) is 11.2 Å². The fourth-order valence-electron chi connectivity index (χ4n) is 1.46. The molecule has 0 amide bonds. The number of rotatable bonds is 2. The third-order valence-corrected chi connectivity index (χ3v) is 2.24. The van der Waals surface area contributed by atoms with Crippen LogP contribution in [0.5, 0.6) is 0 Å². The van der Waals surface area contributed by atoms with E-state index in [1.165, 1.54) is 0 Å².